The number of nitrogen functional groups attached to an aromatic ring is 1. The van der Waals surface area contributed by atoms with E-state index in [1.807, 2.05) is 63.2 Å². The van der Waals surface area contributed by atoms with Crippen molar-refractivity contribution in [2.75, 3.05) is 17.7 Å². The van der Waals surface area contributed by atoms with Crippen LogP contribution in [0.4, 0.5) is 11.5 Å². The lowest BCUT2D eigenvalue weighted by Crippen LogP contribution is -2.29. The van der Waals surface area contributed by atoms with Gasteiger partial charge in [0.15, 0.2) is 11.5 Å². The Labute approximate surface area is 234 Å². The quantitative estimate of drug-likeness (QED) is 0.187. The third-order valence-corrected chi connectivity index (χ3v) is 7.15. The van der Waals surface area contributed by atoms with Crippen molar-refractivity contribution >= 4 is 51.1 Å². The molecule has 4 aromatic rings. The maximum atomic E-state index is 13.6. The molecule has 9 nitrogen and oxygen atoms in total. The van der Waals surface area contributed by atoms with E-state index < -0.39 is 17.0 Å². The van der Waals surface area contributed by atoms with E-state index >= 15 is 0 Å². The first kappa shape index (κ1) is 28.2. The molecule has 0 spiro atoms. The molecule has 0 saturated carbocycles. The molecule has 3 aromatic carbocycles. The largest absolute Gasteiger partial charge is 0.490 e. The maximum absolute atomic E-state index is 13.6. The van der Waals surface area contributed by atoms with Crippen molar-refractivity contribution in [1.29, 1.82) is 0 Å². The lowest BCUT2D eigenvalue weighted by Gasteiger charge is -2.22. The SMILES string of the molecule is CCOc1cc(C(Nc2ccc3c(N)nccc3c2)C(=O)NSc2cccc(S(N)=O)c2)ccc1OC(C)C. The van der Waals surface area contributed by atoms with Gasteiger partial charge in [0.25, 0.3) is 5.91 Å². The van der Waals surface area contributed by atoms with Gasteiger partial charge in [-0.1, -0.05) is 12.1 Å². The Morgan fingerprint density at radius 1 is 1.08 bits per heavy atom. The van der Waals surface area contributed by atoms with E-state index in [9.17, 15) is 9.00 Å². The van der Waals surface area contributed by atoms with Crippen molar-refractivity contribution in [2.24, 2.45) is 5.14 Å². The fourth-order valence-corrected chi connectivity index (χ4v) is 5.11. The molecule has 39 heavy (non-hydrogen) atoms. The highest BCUT2D eigenvalue weighted by molar-refractivity contribution is 7.98. The number of hydrogen-bond donors (Lipinski definition) is 4. The number of pyridine rings is 1. The van der Waals surface area contributed by atoms with Gasteiger partial charge in [0.1, 0.15) is 22.8 Å². The number of anilines is 2. The molecule has 1 heterocycles. The van der Waals surface area contributed by atoms with Crippen LogP contribution in [-0.4, -0.2) is 27.8 Å². The predicted octanol–water partition coefficient (Wildman–Crippen LogP) is 4.96. The van der Waals surface area contributed by atoms with E-state index in [1.54, 1.807) is 30.5 Å². The number of rotatable bonds is 11. The normalized spacial score (nSPS) is 12.6. The summed E-state index contributed by atoms with van der Waals surface area (Å²) in [6.45, 7) is 6.21. The second kappa shape index (κ2) is 12.8. The standard InChI is InChI=1S/C28H31N5O4S2/c1-4-36-25-15-19(8-11-24(25)37-17(2)3)26(28(34)33-38-21-6-5-7-22(16-21)39(30)35)32-20-9-10-23-18(14-20)12-13-31-27(23)29/h5-17,26,32H,4,30H2,1-3H3,(H2,29,31)(H,33,34). The van der Waals surface area contributed by atoms with Gasteiger partial charge in [0.2, 0.25) is 0 Å². The van der Waals surface area contributed by atoms with Gasteiger partial charge in [-0.3, -0.25) is 9.52 Å². The second-order valence-corrected chi connectivity index (χ2v) is 10.8. The molecule has 0 radical (unpaired) electrons. The summed E-state index contributed by atoms with van der Waals surface area (Å²) < 4.78 is 26.3. The van der Waals surface area contributed by atoms with Crippen molar-refractivity contribution in [3.63, 3.8) is 0 Å². The van der Waals surface area contributed by atoms with Crippen molar-refractivity contribution in [2.45, 2.75) is 42.7 Å². The van der Waals surface area contributed by atoms with Crippen molar-refractivity contribution < 1.29 is 18.5 Å². The molecule has 0 bridgehead atoms. The third-order valence-electron chi connectivity index (χ3n) is 5.64. The summed E-state index contributed by atoms with van der Waals surface area (Å²) in [5, 5.41) is 10.6. The van der Waals surface area contributed by atoms with Crippen molar-refractivity contribution in [3.8, 4) is 11.5 Å². The lowest BCUT2D eigenvalue weighted by atomic mass is 10.0. The molecule has 0 fully saturated rings. The first-order chi connectivity index (χ1) is 18.7. The fourth-order valence-electron chi connectivity index (χ4n) is 3.91. The molecule has 0 aliphatic carbocycles. The number of carbonyl (C=O) groups is 1. The van der Waals surface area contributed by atoms with Crippen molar-refractivity contribution in [1.82, 2.24) is 9.71 Å². The Morgan fingerprint density at radius 2 is 1.90 bits per heavy atom. The first-order valence-electron chi connectivity index (χ1n) is 12.3. The van der Waals surface area contributed by atoms with Gasteiger partial charge < -0.3 is 20.5 Å². The molecule has 1 aromatic heterocycles. The maximum Gasteiger partial charge on any atom is 0.257 e. The highest BCUT2D eigenvalue weighted by atomic mass is 32.2. The molecular weight excluding hydrogens is 534 g/mol. The smallest absolute Gasteiger partial charge is 0.257 e. The monoisotopic (exact) mass is 565 g/mol. The summed E-state index contributed by atoms with van der Waals surface area (Å²) in [5.74, 6) is 1.29. The average molecular weight is 566 g/mol. The van der Waals surface area contributed by atoms with Crippen LogP contribution >= 0.6 is 11.9 Å². The molecule has 0 saturated heterocycles. The van der Waals surface area contributed by atoms with Crippen LogP contribution < -0.4 is 30.4 Å². The summed E-state index contributed by atoms with van der Waals surface area (Å²) in [5.41, 5.74) is 7.41. The molecule has 204 valence electrons. The third kappa shape index (κ3) is 7.20. The molecule has 11 heteroatoms. The highest BCUT2D eigenvalue weighted by Gasteiger charge is 2.23. The Morgan fingerprint density at radius 3 is 2.64 bits per heavy atom. The van der Waals surface area contributed by atoms with Gasteiger partial charge in [0, 0.05) is 22.2 Å². The lowest BCUT2D eigenvalue weighted by molar-refractivity contribution is -0.120. The number of amides is 1. The van der Waals surface area contributed by atoms with E-state index in [2.05, 4.69) is 15.0 Å². The van der Waals surface area contributed by atoms with Gasteiger partial charge >= 0.3 is 0 Å². The van der Waals surface area contributed by atoms with E-state index in [4.69, 9.17) is 20.3 Å². The minimum atomic E-state index is -1.62. The number of nitrogens with two attached hydrogens (primary N) is 2. The Hall–Kier alpha value is -3.80. The number of ether oxygens (including phenoxy) is 2. The van der Waals surface area contributed by atoms with Gasteiger partial charge in [-0.15, -0.1) is 0 Å². The molecule has 1 amide bonds. The van der Waals surface area contributed by atoms with Crippen LogP contribution in [0.15, 0.2) is 82.7 Å². The average Bonchev–Trinajstić information content (AvgIpc) is 2.91. The van der Waals surface area contributed by atoms with Gasteiger partial charge in [-0.2, -0.15) is 0 Å². The van der Waals surface area contributed by atoms with E-state index in [0.717, 1.165) is 28.4 Å². The summed E-state index contributed by atoms with van der Waals surface area (Å²) in [6, 6.07) is 19.1. The topological polar surface area (TPSA) is 142 Å². The number of fused-ring (bicyclic) bond motifs is 1. The van der Waals surface area contributed by atoms with Gasteiger partial charge in [-0.25, -0.2) is 14.3 Å². The Balaban J connectivity index is 1.66. The molecule has 2 atom stereocenters. The fraction of sp³-hybridized carbons (Fsp3) is 0.214. The summed E-state index contributed by atoms with van der Waals surface area (Å²) >= 11 is 1.11. The minimum absolute atomic E-state index is 0.0400. The van der Waals surface area contributed by atoms with Crippen LogP contribution in [0.1, 0.15) is 32.4 Å². The molecule has 6 N–H and O–H groups in total. The minimum Gasteiger partial charge on any atom is -0.490 e. The van der Waals surface area contributed by atoms with E-state index in [0.29, 0.717) is 39.3 Å². The van der Waals surface area contributed by atoms with Crippen LogP contribution in [0.3, 0.4) is 0 Å². The number of benzene rings is 3. The summed E-state index contributed by atoms with van der Waals surface area (Å²) in [7, 11) is -1.62. The van der Waals surface area contributed by atoms with Crippen LogP contribution in [0.5, 0.6) is 11.5 Å². The molecule has 0 aliphatic rings. The van der Waals surface area contributed by atoms with Crippen LogP contribution in [0, 0.1) is 0 Å². The number of carbonyl (C=O) groups excluding carboxylic acids is 1. The van der Waals surface area contributed by atoms with Crippen LogP contribution in [-0.2, 0) is 15.8 Å². The number of hydrogen-bond acceptors (Lipinski definition) is 8. The molecule has 4 rings (SSSR count). The molecular formula is C28H31N5O4S2. The zero-order chi connectivity index (χ0) is 27.9. The number of aromatic nitrogens is 1. The Bertz CT molecular complexity index is 1500. The van der Waals surface area contributed by atoms with Gasteiger partial charge in [0.05, 0.1) is 17.6 Å². The van der Waals surface area contributed by atoms with E-state index in [-0.39, 0.29) is 12.0 Å². The number of nitrogens with zero attached hydrogens (tertiary/aromatic N) is 1. The Kier molecular flexibility index (Phi) is 9.28. The predicted molar refractivity (Wildman–Crippen MR) is 157 cm³/mol. The molecule has 2 unspecified atom stereocenters. The molecule has 0 aliphatic heterocycles. The summed E-state index contributed by atoms with van der Waals surface area (Å²) in [6.07, 6.45) is 1.61. The van der Waals surface area contributed by atoms with Crippen LogP contribution in [0.25, 0.3) is 10.8 Å². The highest BCUT2D eigenvalue weighted by Crippen LogP contribution is 2.34. The first-order valence-corrected chi connectivity index (χ1v) is 14.3. The zero-order valence-electron chi connectivity index (χ0n) is 21.8. The van der Waals surface area contributed by atoms with Crippen LogP contribution in [0.2, 0.25) is 0 Å². The zero-order valence-corrected chi connectivity index (χ0v) is 23.5. The van der Waals surface area contributed by atoms with Crippen molar-refractivity contribution in [3.05, 3.63) is 78.5 Å². The van der Waals surface area contributed by atoms with Gasteiger partial charge in [-0.05, 0) is 98.3 Å². The number of nitrogens with one attached hydrogen (secondary N) is 2. The second-order valence-electron chi connectivity index (χ2n) is 8.86. The summed E-state index contributed by atoms with van der Waals surface area (Å²) in [4.78, 5) is 18.9. The van der Waals surface area contributed by atoms with E-state index in [1.165, 1.54) is 0 Å².